The first-order valence-corrected chi connectivity index (χ1v) is 8.50. The molecule has 0 bridgehead atoms. The summed E-state index contributed by atoms with van der Waals surface area (Å²) in [6.45, 7) is 3.94. The fourth-order valence-corrected chi connectivity index (χ4v) is 3.22. The highest BCUT2D eigenvalue weighted by atomic mass is 35.5. The number of hydrogen-bond donors (Lipinski definition) is 2. The van der Waals surface area contributed by atoms with Crippen molar-refractivity contribution in [3.63, 3.8) is 0 Å². The third-order valence-corrected chi connectivity index (χ3v) is 4.41. The largest absolute Gasteiger partial charge is 0.492 e. The van der Waals surface area contributed by atoms with Crippen molar-refractivity contribution in [2.75, 3.05) is 18.5 Å². The average molecular weight is 356 g/mol. The van der Waals surface area contributed by atoms with Gasteiger partial charge in [-0.05, 0) is 61.3 Å². The molecule has 0 saturated heterocycles. The number of nitrogens with one attached hydrogen (secondary N) is 2. The number of hydrogen-bond acceptors (Lipinski definition) is 4. The molecule has 2 aromatic rings. The predicted molar refractivity (Wildman–Crippen MR) is 97.1 cm³/mol. The van der Waals surface area contributed by atoms with E-state index in [-0.39, 0.29) is 5.91 Å². The number of halogens is 1. The molecule has 0 aliphatic carbocycles. The van der Waals surface area contributed by atoms with E-state index in [2.05, 4.69) is 16.7 Å². The molecule has 6 heteroatoms. The quantitative estimate of drug-likeness (QED) is 0.880. The Kier molecular flexibility index (Phi) is 5.22. The van der Waals surface area contributed by atoms with Crippen molar-refractivity contribution in [1.29, 1.82) is 5.26 Å². The van der Waals surface area contributed by atoms with E-state index in [1.54, 1.807) is 18.2 Å². The predicted octanol–water partition coefficient (Wildman–Crippen LogP) is 3.51. The molecular formula is C19H18ClN3O2. The van der Waals surface area contributed by atoms with E-state index in [9.17, 15) is 10.1 Å². The van der Waals surface area contributed by atoms with Gasteiger partial charge in [-0.25, -0.2) is 0 Å². The van der Waals surface area contributed by atoms with Crippen LogP contribution in [0.25, 0.3) is 0 Å². The van der Waals surface area contributed by atoms with E-state index in [0.717, 1.165) is 30.6 Å². The van der Waals surface area contributed by atoms with Crippen molar-refractivity contribution < 1.29 is 9.53 Å². The number of carbonyl (C=O) groups is 1. The van der Waals surface area contributed by atoms with Gasteiger partial charge >= 0.3 is 0 Å². The van der Waals surface area contributed by atoms with Gasteiger partial charge in [0.2, 0.25) is 0 Å². The molecule has 0 atom stereocenters. The molecule has 1 heterocycles. The molecule has 0 radical (unpaired) electrons. The Morgan fingerprint density at radius 1 is 1.40 bits per heavy atom. The number of nitrogens with zero attached hydrogens (tertiary/aromatic N) is 1. The SMILES string of the molecule is CCOc1ccc(C(=O)Nc2cc(Cl)c3c(c2)CNCC3)cc1C#N. The lowest BCUT2D eigenvalue weighted by Crippen LogP contribution is -2.24. The van der Waals surface area contributed by atoms with Crippen molar-refractivity contribution in [2.45, 2.75) is 19.9 Å². The highest BCUT2D eigenvalue weighted by Gasteiger charge is 2.16. The molecule has 1 aliphatic rings. The zero-order valence-electron chi connectivity index (χ0n) is 13.9. The molecule has 5 nitrogen and oxygen atoms in total. The summed E-state index contributed by atoms with van der Waals surface area (Å²) in [5.74, 6) is 0.184. The molecule has 25 heavy (non-hydrogen) atoms. The van der Waals surface area contributed by atoms with Gasteiger partial charge in [0, 0.05) is 22.8 Å². The van der Waals surface area contributed by atoms with Crippen molar-refractivity contribution in [1.82, 2.24) is 5.32 Å². The maximum atomic E-state index is 12.5. The Balaban J connectivity index is 1.83. The smallest absolute Gasteiger partial charge is 0.255 e. The Morgan fingerprint density at radius 3 is 3.00 bits per heavy atom. The molecule has 3 rings (SSSR count). The van der Waals surface area contributed by atoms with Crippen molar-refractivity contribution in [3.8, 4) is 11.8 Å². The average Bonchev–Trinajstić information content (AvgIpc) is 2.62. The summed E-state index contributed by atoms with van der Waals surface area (Å²) in [4.78, 5) is 12.5. The van der Waals surface area contributed by atoms with E-state index in [0.29, 0.717) is 34.2 Å². The molecular weight excluding hydrogens is 338 g/mol. The highest BCUT2D eigenvalue weighted by molar-refractivity contribution is 6.31. The van der Waals surface area contributed by atoms with Crippen LogP contribution in [0.4, 0.5) is 5.69 Å². The van der Waals surface area contributed by atoms with E-state index in [1.165, 1.54) is 6.07 Å². The van der Waals surface area contributed by atoms with Crippen molar-refractivity contribution in [2.24, 2.45) is 0 Å². The van der Waals surface area contributed by atoms with Gasteiger partial charge in [0.05, 0.1) is 12.2 Å². The lowest BCUT2D eigenvalue weighted by molar-refractivity contribution is 0.102. The molecule has 2 N–H and O–H groups in total. The van der Waals surface area contributed by atoms with Gasteiger partial charge in [0.15, 0.2) is 0 Å². The number of rotatable bonds is 4. The minimum Gasteiger partial charge on any atom is -0.492 e. The standard InChI is InChI=1S/C19H18ClN3O2/c1-2-25-18-4-3-12(7-13(18)10-21)19(24)23-15-8-14-11-22-6-5-16(14)17(20)9-15/h3-4,7-9,22H,2,5-6,11H2,1H3,(H,23,24). The molecule has 0 aromatic heterocycles. The minimum absolute atomic E-state index is 0.292. The summed E-state index contributed by atoms with van der Waals surface area (Å²) < 4.78 is 5.38. The third kappa shape index (κ3) is 3.76. The van der Waals surface area contributed by atoms with Crippen molar-refractivity contribution in [3.05, 3.63) is 57.6 Å². The van der Waals surface area contributed by atoms with E-state index < -0.39 is 0 Å². The molecule has 0 unspecified atom stereocenters. The van der Waals surface area contributed by atoms with Crippen LogP contribution in [0.2, 0.25) is 5.02 Å². The lowest BCUT2D eigenvalue weighted by Gasteiger charge is -2.19. The van der Waals surface area contributed by atoms with E-state index >= 15 is 0 Å². The number of nitriles is 1. The van der Waals surface area contributed by atoms with Crippen LogP contribution >= 0.6 is 11.6 Å². The van der Waals surface area contributed by atoms with E-state index in [4.69, 9.17) is 16.3 Å². The molecule has 2 aromatic carbocycles. The number of carbonyl (C=O) groups excluding carboxylic acids is 1. The second-order valence-electron chi connectivity index (χ2n) is 5.73. The number of fused-ring (bicyclic) bond motifs is 1. The van der Waals surface area contributed by atoms with Gasteiger partial charge in [-0.1, -0.05) is 11.6 Å². The van der Waals surface area contributed by atoms with E-state index in [1.807, 2.05) is 13.0 Å². The van der Waals surface area contributed by atoms with Crippen LogP contribution in [0.3, 0.4) is 0 Å². The second kappa shape index (κ2) is 7.56. The first-order valence-electron chi connectivity index (χ1n) is 8.12. The number of benzene rings is 2. The maximum Gasteiger partial charge on any atom is 0.255 e. The summed E-state index contributed by atoms with van der Waals surface area (Å²) >= 11 is 6.34. The topological polar surface area (TPSA) is 74.2 Å². The zero-order chi connectivity index (χ0) is 17.8. The first kappa shape index (κ1) is 17.3. The summed E-state index contributed by atoms with van der Waals surface area (Å²) in [6.07, 6.45) is 0.882. The summed E-state index contributed by atoms with van der Waals surface area (Å²) in [6, 6.07) is 10.6. The number of amides is 1. The first-order chi connectivity index (χ1) is 12.1. The zero-order valence-corrected chi connectivity index (χ0v) is 14.6. The van der Waals surface area contributed by atoms with Crippen LogP contribution in [-0.2, 0) is 13.0 Å². The summed E-state index contributed by atoms with van der Waals surface area (Å²) in [7, 11) is 0. The molecule has 0 saturated carbocycles. The Morgan fingerprint density at radius 2 is 2.24 bits per heavy atom. The van der Waals surface area contributed by atoms with Crippen LogP contribution < -0.4 is 15.4 Å². The fourth-order valence-electron chi connectivity index (χ4n) is 2.88. The van der Waals surface area contributed by atoms with Crippen molar-refractivity contribution >= 4 is 23.2 Å². The van der Waals surface area contributed by atoms with Crippen LogP contribution in [0.1, 0.15) is 34.0 Å². The minimum atomic E-state index is -0.292. The lowest BCUT2D eigenvalue weighted by atomic mass is 10.00. The van der Waals surface area contributed by atoms with Crippen LogP contribution in [0.5, 0.6) is 5.75 Å². The summed E-state index contributed by atoms with van der Waals surface area (Å²) in [5.41, 5.74) is 3.60. The van der Waals surface area contributed by atoms with Crippen LogP contribution in [0, 0.1) is 11.3 Å². The van der Waals surface area contributed by atoms with Gasteiger partial charge in [-0.3, -0.25) is 4.79 Å². The van der Waals surface area contributed by atoms with Gasteiger partial charge in [0.25, 0.3) is 5.91 Å². The van der Waals surface area contributed by atoms with Gasteiger partial charge in [0.1, 0.15) is 11.8 Å². The highest BCUT2D eigenvalue weighted by Crippen LogP contribution is 2.28. The Bertz CT molecular complexity index is 858. The Labute approximate surface area is 151 Å². The summed E-state index contributed by atoms with van der Waals surface area (Å²) in [5, 5.41) is 16.0. The monoisotopic (exact) mass is 355 g/mol. The fraction of sp³-hybridized carbons (Fsp3) is 0.263. The second-order valence-corrected chi connectivity index (χ2v) is 6.14. The van der Waals surface area contributed by atoms with Crippen LogP contribution in [-0.4, -0.2) is 19.1 Å². The molecule has 1 aliphatic heterocycles. The number of anilines is 1. The Hall–Kier alpha value is -2.55. The molecule has 0 fully saturated rings. The normalized spacial score (nSPS) is 12.8. The molecule has 128 valence electrons. The van der Waals surface area contributed by atoms with Gasteiger partial charge < -0.3 is 15.4 Å². The van der Waals surface area contributed by atoms with Gasteiger partial charge in [-0.15, -0.1) is 0 Å². The molecule has 0 spiro atoms. The number of ether oxygens (including phenoxy) is 1. The van der Waals surface area contributed by atoms with Crippen LogP contribution in [0.15, 0.2) is 30.3 Å². The van der Waals surface area contributed by atoms with Gasteiger partial charge in [-0.2, -0.15) is 5.26 Å². The third-order valence-electron chi connectivity index (χ3n) is 4.08. The molecule has 1 amide bonds. The maximum absolute atomic E-state index is 12.5.